The fraction of sp³-hybridized carbons (Fsp3) is 0.0588. The van der Waals surface area contributed by atoms with E-state index < -0.39 is 0 Å². The quantitative estimate of drug-likeness (QED) is 0.613. The largest absolute Gasteiger partial charge is 0.505 e. The van der Waals surface area contributed by atoms with Crippen molar-refractivity contribution in [1.82, 2.24) is 0 Å². The smallest absolute Gasteiger partial charge is 0.152 e. The summed E-state index contributed by atoms with van der Waals surface area (Å²) >= 11 is 11.8. The Labute approximate surface area is 138 Å². The molecule has 0 unspecified atom stereocenters. The van der Waals surface area contributed by atoms with Crippen LogP contribution < -0.4 is 5.32 Å². The lowest BCUT2D eigenvalue weighted by atomic mass is 10.2. The Hall–Kier alpha value is -2.10. The van der Waals surface area contributed by atoms with Gasteiger partial charge in [-0.1, -0.05) is 53.5 Å². The van der Waals surface area contributed by atoms with E-state index in [0.717, 1.165) is 17.1 Å². The van der Waals surface area contributed by atoms with Crippen LogP contribution in [0.4, 0.5) is 5.69 Å². The number of aromatic hydroxyl groups is 1. The first-order chi connectivity index (χ1) is 10.6. The summed E-state index contributed by atoms with van der Waals surface area (Å²) in [5, 5.41) is 13.1. The molecule has 3 nitrogen and oxygen atoms in total. The third-order valence-electron chi connectivity index (χ3n) is 3.20. The van der Waals surface area contributed by atoms with E-state index in [1.54, 1.807) is 12.1 Å². The molecule has 22 heavy (non-hydrogen) atoms. The topological polar surface area (TPSA) is 45.4 Å². The Bertz CT molecular complexity index is 761. The third-order valence-corrected chi connectivity index (χ3v) is 3.78. The summed E-state index contributed by atoms with van der Waals surface area (Å²) in [6.45, 7) is 0.490. The number of nitrogens with one attached hydrogen (secondary N) is 1. The maximum Gasteiger partial charge on any atom is 0.152 e. The van der Waals surface area contributed by atoms with Crippen LogP contribution in [0.2, 0.25) is 10.0 Å². The molecule has 0 aliphatic carbocycles. The van der Waals surface area contributed by atoms with E-state index in [1.165, 1.54) is 0 Å². The fourth-order valence-electron chi connectivity index (χ4n) is 2.09. The van der Waals surface area contributed by atoms with E-state index in [2.05, 4.69) is 5.32 Å². The van der Waals surface area contributed by atoms with Crippen LogP contribution in [0.25, 0.3) is 11.3 Å². The minimum atomic E-state index is -0.113. The van der Waals surface area contributed by atoms with Gasteiger partial charge in [-0.3, -0.25) is 0 Å². The summed E-state index contributed by atoms with van der Waals surface area (Å²) in [6.07, 6.45) is 0. The van der Waals surface area contributed by atoms with Crippen LogP contribution in [0.5, 0.6) is 5.75 Å². The predicted molar refractivity (Wildman–Crippen MR) is 89.6 cm³/mol. The van der Waals surface area contributed by atoms with Crippen LogP contribution in [-0.4, -0.2) is 5.11 Å². The molecule has 112 valence electrons. The van der Waals surface area contributed by atoms with Gasteiger partial charge in [0, 0.05) is 11.3 Å². The Morgan fingerprint density at radius 2 is 1.64 bits per heavy atom. The highest BCUT2D eigenvalue weighted by Crippen LogP contribution is 2.34. The van der Waals surface area contributed by atoms with Gasteiger partial charge in [-0.2, -0.15) is 0 Å². The van der Waals surface area contributed by atoms with Crippen LogP contribution in [0.3, 0.4) is 0 Å². The second kappa shape index (κ2) is 6.34. The van der Waals surface area contributed by atoms with Crippen molar-refractivity contribution in [3.8, 4) is 17.1 Å². The first-order valence-electron chi connectivity index (χ1n) is 6.69. The summed E-state index contributed by atoms with van der Waals surface area (Å²) in [4.78, 5) is 0. The highest BCUT2D eigenvalue weighted by Gasteiger charge is 2.08. The van der Waals surface area contributed by atoms with E-state index in [1.807, 2.05) is 42.5 Å². The van der Waals surface area contributed by atoms with Gasteiger partial charge in [0.15, 0.2) is 5.75 Å². The molecular formula is C17H13Cl2NO2. The van der Waals surface area contributed by atoms with Gasteiger partial charge in [0.25, 0.3) is 0 Å². The summed E-state index contributed by atoms with van der Waals surface area (Å²) < 4.78 is 5.80. The highest BCUT2D eigenvalue weighted by molar-refractivity contribution is 6.37. The molecule has 0 aliphatic rings. The zero-order chi connectivity index (χ0) is 15.5. The Kier molecular flexibility index (Phi) is 4.27. The molecule has 0 bridgehead atoms. The molecule has 0 saturated carbocycles. The number of hydrogen-bond donors (Lipinski definition) is 2. The van der Waals surface area contributed by atoms with Crippen molar-refractivity contribution in [3.05, 3.63) is 70.4 Å². The van der Waals surface area contributed by atoms with Crippen molar-refractivity contribution in [2.75, 3.05) is 5.32 Å². The number of phenols is 1. The van der Waals surface area contributed by atoms with Gasteiger partial charge in [0.05, 0.1) is 16.6 Å². The number of phenolic OH excluding ortho intramolecular Hbond substituents is 1. The molecule has 5 heteroatoms. The third kappa shape index (κ3) is 3.21. The van der Waals surface area contributed by atoms with E-state index in [0.29, 0.717) is 12.2 Å². The number of halogens is 2. The lowest BCUT2D eigenvalue weighted by Gasteiger charge is -2.07. The van der Waals surface area contributed by atoms with Gasteiger partial charge in [-0.25, -0.2) is 0 Å². The Morgan fingerprint density at radius 1 is 0.955 bits per heavy atom. The highest BCUT2D eigenvalue weighted by atomic mass is 35.5. The molecule has 3 rings (SSSR count). The van der Waals surface area contributed by atoms with Gasteiger partial charge in [0.2, 0.25) is 0 Å². The van der Waals surface area contributed by atoms with Crippen LogP contribution >= 0.6 is 23.2 Å². The van der Waals surface area contributed by atoms with Crippen molar-refractivity contribution in [1.29, 1.82) is 0 Å². The van der Waals surface area contributed by atoms with E-state index in [4.69, 9.17) is 27.6 Å². The molecule has 0 atom stereocenters. The average Bonchev–Trinajstić information content (AvgIpc) is 3.00. The summed E-state index contributed by atoms with van der Waals surface area (Å²) in [5.41, 5.74) is 1.75. The number of anilines is 1. The lowest BCUT2D eigenvalue weighted by Crippen LogP contribution is -1.98. The zero-order valence-corrected chi connectivity index (χ0v) is 13.0. The normalized spacial score (nSPS) is 10.6. The van der Waals surface area contributed by atoms with Crippen LogP contribution in [-0.2, 0) is 6.54 Å². The fourth-order valence-corrected chi connectivity index (χ4v) is 2.57. The first kappa shape index (κ1) is 14.8. The van der Waals surface area contributed by atoms with Crippen molar-refractivity contribution in [3.63, 3.8) is 0 Å². The first-order valence-corrected chi connectivity index (χ1v) is 7.45. The number of benzene rings is 2. The van der Waals surface area contributed by atoms with E-state index in [-0.39, 0.29) is 15.8 Å². The molecule has 0 radical (unpaired) electrons. The van der Waals surface area contributed by atoms with Crippen molar-refractivity contribution >= 4 is 28.9 Å². The average molecular weight is 334 g/mol. The molecule has 0 spiro atoms. The van der Waals surface area contributed by atoms with Crippen LogP contribution in [0.1, 0.15) is 5.76 Å². The minimum Gasteiger partial charge on any atom is -0.505 e. The predicted octanol–water partition coefficient (Wildman–Crippen LogP) is 5.57. The van der Waals surface area contributed by atoms with Crippen LogP contribution in [0.15, 0.2) is 59.0 Å². The molecule has 0 saturated heterocycles. The second-order valence-corrected chi connectivity index (χ2v) is 5.59. The molecular weight excluding hydrogens is 321 g/mol. The summed E-state index contributed by atoms with van der Waals surface area (Å²) in [7, 11) is 0. The second-order valence-electron chi connectivity index (χ2n) is 4.77. The van der Waals surface area contributed by atoms with Crippen LogP contribution in [0, 0.1) is 0 Å². The maximum atomic E-state index is 9.54. The molecule has 2 aromatic carbocycles. The Morgan fingerprint density at radius 3 is 2.32 bits per heavy atom. The summed E-state index contributed by atoms with van der Waals surface area (Å²) in [5.74, 6) is 1.50. The van der Waals surface area contributed by atoms with Gasteiger partial charge in [0.1, 0.15) is 11.5 Å². The lowest BCUT2D eigenvalue weighted by molar-refractivity contribution is 0.476. The molecule has 0 aliphatic heterocycles. The standard InChI is InChI=1S/C17H13Cl2NO2/c18-14-8-12(9-15(19)17(14)21)20-10-13-6-7-16(22-13)11-4-2-1-3-5-11/h1-9,20-21H,10H2. The molecule has 1 aromatic heterocycles. The minimum absolute atomic E-state index is 0.113. The van der Waals surface area contributed by atoms with E-state index >= 15 is 0 Å². The summed E-state index contributed by atoms with van der Waals surface area (Å²) in [6, 6.07) is 17.0. The number of hydrogen-bond acceptors (Lipinski definition) is 3. The number of rotatable bonds is 4. The van der Waals surface area contributed by atoms with Gasteiger partial charge >= 0.3 is 0 Å². The zero-order valence-electron chi connectivity index (χ0n) is 11.5. The SMILES string of the molecule is Oc1c(Cl)cc(NCc2ccc(-c3ccccc3)o2)cc1Cl. The molecule has 2 N–H and O–H groups in total. The molecule has 0 amide bonds. The van der Waals surface area contributed by atoms with Crippen molar-refractivity contribution < 1.29 is 9.52 Å². The van der Waals surface area contributed by atoms with E-state index in [9.17, 15) is 5.11 Å². The van der Waals surface area contributed by atoms with Gasteiger partial charge in [-0.15, -0.1) is 0 Å². The number of furan rings is 1. The van der Waals surface area contributed by atoms with Crippen molar-refractivity contribution in [2.24, 2.45) is 0 Å². The van der Waals surface area contributed by atoms with Crippen molar-refractivity contribution in [2.45, 2.75) is 6.54 Å². The Balaban J connectivity index is 1.71. The monoisotopic (exact) mass is 333 g/mol. The molecule has 0 fully saturated rings. The molecule has 3 aromatic rings. The maximum absolute atomic E-state index is 9.54. The molecule has 1 heterocycles. The van der Waals surface area contributed by atoms with Gasteiger partial charge in [-0.05, 0) is 24.3 Å². The van der Waals surface area contributed by atoms with Gasteiger partial charge < -0.3 is 14.8 Å².